The molecule has 1 aromatic carbocycles. The van der Waals surface area contributed by atoms with Gasteiger partial charge in [0.25, 0.3) is 0 Å². The van der Waals surface area contributed by atoms with E-state index in [9.17, 15) is 0 Å². The second-order valence-electron chi connectivity index (χ2n) is 4.76. The number of benzene rings is 1. The lowest BCUT2D eigenvalue weighted by molar-refractivity contribution is 0.627. The molecule has 0 spiro atoms. The predicted octanol–water partition coefficient (Wildman–Crippen LogP) is 2.39. The number of hydrogen-bond acceptors (Lipinski definition) is 2. The van der Waals surface area contributed by atoms with Crippen LogP contribution in [0, 0.1) is 0 Å². The molecule has 88 valence electrons. The number of rotatable bonds is 2. The van der Waals surface area contributed by atoms with E-state index in [-0.39, 0.29) is 0 Å². The highest BCUT2D eigenvalue weighted by Gasteiger charge is 2.17. The van der Waals surface area contributed by atoms with Crippen molar-refractivity contribution in [1.82, 2.24) is 9.78 Å². The Morgan fingerprint density at radius 3 is 3.12 bits per heavy atom. The van der Waals surface area contributed by atoms with Gasteiger partial charge in [-0.05, 0) is 36.5 Å². The molecule has 0 fully saturated rings. The summed E-state index contributed by atoms with van der Waals surface area (Å²) in [5, 5.41) is 7.83. The van der Waals surface area contributed by atoms with Crippen LogP contribution in [0.4, 0.5) is 5.69 Å². The van der Waals surface area contributed by atoms with Crippen LogP contribution < -0.4 is 5.32 Å². The average molecular weight is 227 g/mol. The van der Waals surface area contributed by atoms with Gasteiger partial charge < -0.3 is 5.32 Å². The van der Waals surface area contributed by atoms with Crippen LogP contribution in [0.1, 0.15) is 17.5 Å². The molecule has 3 nitrogen and oxygen atoms in total. The minimum absolute atomic E-state index is 0.536. The Hall–Kier alpha value is -1.77. The van der Waals surface area contributed by atoms with Crippen LogP contribution in [0.25, 0.3) is 0 Å². The van der Waals surface area contributed by atoms with Crippen molar-refractivity contribution in [2.75, 3.05) is 5.32 Å². The lowest BCUT2D eigenvalue weighted by atomic mass is 9.95. The van der Waals surface area contributed by atoms with E-state index >= 15 is 0 Å². The van der Waals surface area contributed by atoms with Gasteiger partial charge in [0.1, 0.15) is 0 Å². The second-order valence-corrected chi connectivity index (χ2v) is 4.76. The van der Waals surface area contributed by atoms with E-state index in [1.807, 2.05) is 17.9 Å². The Labute approximate surface area is 101 Å². The summed E-state index contributed by atoms with van der Waals surface area (Å²) >= 11 is 0. The number of fused-ring (bicyclic) bond motifs is 1. The summed E-state index contributed by atoms with van der Waals surface area (Å²) in [6, 6.07) is 9.13. The van der Waals surface area contributed by atoms with Gasteiger partial charge in [-0.25, -0.2) is 0 Å². The standard InChI is InChI=1S/C14H17N3/c1-17-10-11(9-15-17)8-13-7-6-12-4-2-3-5-14(12)16-13/h2-5,9-10,13,16H,6-8H2,1H3. The molecule has 1 N–H and O–H groups in total. The van der Waals surface area contributed by atoms with E-state index in [0.29, 0.717) is 6.04 Å². The molecule has 1 unspecified atom stereocenters. The topological polar surface area (TPSA) is 29.9 Å². The Balaban J connectivity index is 1.72. The maximum absolute atomic E-state index is 4.22. The number of nitrogens with zero attached hydrogens (tertiary/aromatic N) is 2. The van der Waals surface area contributed by atoms with Crippen LogP contribution in [0.3, 0.4) is 0 Å². The zero-order chi connectivity index (χ0) is 11.7. The number of nitrogens with one attached hydrogen (secondary N) is 1. The van der Waals surface area contributed by atoms with Crippen LogP contribution >= 0.6 is 0 Å². The first kappa shape index (κ1) is 10.4. The number of hydrogen-bond donors (Lipinski definition) is 1. The summed E-state index contributed by atoms with van der Waals surface area (Å²) in [5.74, 6) is 0. The molecule has 17 heavy (non-hydrogen) atoms. The van der Waals surface area contributed by atoms with E-state index in [0.717, 1.165) is 6.42 Å². The number of anilines is 1. The van der Waals surface area contributed by atoms with Crippen molar-refractivity contribution in [3.8, 4) is 0 Å². The van der Waals surface area contributed by atoms with Crippen molar-refractivity contribution in [2.24, 2.45) is 7.05 Å². The second kappa shape index (κ2) is 4.24. The smallest absolute Gasteiger partial charge is 0.0522 e. The molecule has 1 atom stereocenters. The van der Waals surface area contributed by atoms with Gasteiger partial charge in [-0.3, -0.25) is 4.68 Å². The predicted molar refractivity (Wildman–Crippen MR) is 69.1 cm³/mol. The minimum atomic E-state index is 0.536. The Morgan fingerprint density at radius 2 is 2.29 bits per heavy atom. The van der Waals surface area contributed by atoms with Crippen molar-refractivity contribution in [3.05, 3.63) is 47.8 Å². The Kier molecular flexibility index (Phi) is 2.59. The van der Waals surface area contributed by atoms with Gasteiger partial charge in [-0.15, -0.1) is 0 Å². The fraction of sp³-hybridized carbons (Fsp3) is 0.357. The van der Waals surface area contributed by atoms with Crippen LogP contribution in [0.5, 0.6) is 0 Å². The highest BCUT2D eigenvalue weighted by molar-refractivity contribution is 5.53. The molecular weight excluding hydrogens is 210 g/mol. The van der Waals surface area contributed by atoms with Crippen LogP contribution in [0.2, 0.25) is 0 Å². The van der Waals surface area contributed by atoms with Gasteiger partial charge in [-0.1, -0.05) is 18.2 Å². The monoisotopic (exact) mass is 227 g/mol. The van der Waals surface area contributed by atoms with E-state index in [1.54, 1.807) is 0 Å². The number of para-hydroxylation sites is 1. The molecule has 0 radical (unpaired) electrons. The van der Waals surface area contributed by atoms with Gasteiger partial charge in [0, 0.05) is 25.0 Å². The zero-order valence-electron chi connectivity index (χ0n) is 10.1. The SMILES string of the molecule is Cn1cc(CC2CCc3ccccc3N2)cn1. The van der Waals surface area contributed by atoms with Crippen molar-refractivity contribution in [1.29, 1.82) is 0 Å². The fourth-order valence-electron chi connectivity index (χ4n) is 2.52. The molecule has 3 rings (SSSR count). The molecule has 1 aromatic heterocycles. The number of aryl methyl sites for hydroxylation is 2. The molecule has 2 heterocycles. The lowest BCUT2D eigenvalue weighted by Crippen LogP contribution is -2.27. The van der Waals surface area contributed by atoms with E-state index in [2.05, 4.69) is 40.9 Å². The Bertz CT molecular complexity index is 516. The maximum atomic E-state index is 4.22. The summed E-state index contributed by atoms with van der Waals surface area (Å²) in [4.78, 5) is 0. The first-order valence-electron chi connectivity index (χ1n) is 6.13. The fourth-order valence-corrected chi connectivity index (χ4v) is 2.52. The molecule has 2 aromatic rings. The summed E-state index contributed by atoms with van der Waals surface area (Å²) in [7, 11) is 1.97. The minimum Gasteiger partial charge on any atom is -0.382 e. The third-order valence-corrected chi connectivity index (χ3v) is 3.38. The Morgan fingerprint density at radius 1 is 1.41 bits per heavy atom. The molecular formula is C14H17N3. The summed E-state index contributed by atoms with van der Waals surface area (Å²) in [6.45, 7) is 0. The van der Waals surface area contributed by atoms with E-state index < -0.39 is 0 Å². The highest BCUT2D eigenvalue weighted by atomic mass is 15.2. The van der Waals surface area contributed by atoms with Crippen molar-refractivity contribution < 1.29 is 0 Å². The first-order valence-corrected chi connectivity index (χ1v) is 6.13. The quantitative estimate of drug-likeness (QED) is 0.853. The van der Waals surface area contributed by atoms with Crippen LogP contribution in [-0.4, -0.2) is 15.8 Å². The zero-order valence-corrected chi connectivity index (χ0v) is 10.1. The normalized spacial score (nSPS) is 18.5. The molecule has 0 bridgehead atoms. The largest absolute Gasteiger partial charge is 0.382 e. The summed E-state index contributed by atoms with van der Waals surface area (Å²) in [5.41, 5.74) is 4.05. The van der Waals surface area contributed by atoms with Crippen molar-refractivity contribution in [2.45, 2.75) is 25.3 Å². The highest BCUT2D eigenvalue weighted by Crippen LogP contribution is 2.25. The molecule has 0 amide bonds. The third-order valence-electron chi connectivity index (χ3n) is 3.38. The summed E-state index contributed by atoms with van der Waals surface area (Å²) in [6.07, 6.45) is 7.49. The average Bonchev–Trinajstić information content (AvgIpc) is 2.75. The van der Waals surface area contributed by atoms with Gasteiger partial charge in [0.2, 0.25) is 0 Å². The lowest BCUT2D eigenvalue weighted by Gasteiger charge is -2.26. The van der Waals surface area contributed by atoms with Crippen LogP contribution in [0.15, 0.2) is 36.7 Å². The maximum Gasteiger partial charge on any atom is 0.0522 e. The van der Waals surface area contributed by atoms with Gasteiger partial charge >= 0.3 is 0 Å². The molecule has 0 saturated heterocycles. The van der Waals surface area contributed by atoms with Crippen LogP contribution in [-0.2, 0) is 19.9 Å². The molecule has 0 aliphatic carbocycles. The van der Waals surface area contributed by atoms with Gasteiger partial charge in [-0.2, -0.15) is 5.10 Å². The molecule has 1 aliphatic rings. The van der Waals surface area contributed by atoms with Gasteiger partial charge in [0.15, 0.2) is 0 Å². The molecule has 1 aliphatic heterocycles. The van der Waals surface area contributed by atoms with Crippen molar-refractivity contribution in [3.63, 3.8) is 0 Å². The van der Waals surface area contributed by atoms with Gasteiger partial charge in [0.05, 0.1) is 6.20 Å². The summed E-state index contributed by atoms with van der Waals surface area (Å²) < 4.78 is 1.87. The first-order chi connectivity index (χ1) is 8.31. The molecule has 3 heteroatoms. The van der Waals surface area contributed by atoms with E-state index in [1.165, 1.54) is 29.7 Å². The van der Waals surface area contributed by atoms with Crippen molar-refractivity contribution >= 4 is 5.69 Å². The molecule has 0 saturated carbocycles. The number of aromatic nitrogens is 2. The van der Waals surface area contributed by atoms with E-state index in [4.69, 9.17) is 0 Å². The third kappa shape index (κ3) is 2.18.